The monoisotopic (exact) mass is 1120 g/mol. The van der Waals surface area contributed by atoms with Gasteiger partial charge in [0.1, 0.15) is 24.4 Å². The summed E-state index contributed by atoms with van der Waals surface area (Å²) in [5.74, 6) is -0.183. The van der Waals surface area contributed by atoms with Gasteiger partial charge in [-0.25, -0.2) is 0 Å². The summed E-state index contributed by atoms with van der Waals surface area (Å²) in [7, 11) is 0. The Bertz CT molecular complexity index is 1410. The summed E-state index contributed by atoms with van der Waals surface area (Å²) in [5, 5.41) is 54.3. The summed E-state index contributed by atoms with van der Waals surface area (Å²) < 4.78 is 16.7. The zero-order valence-electron chi connectivity index (χ0n) is 51.3. The van der Waals surface area contributed by atoms with Gasteiger partial charge in [0, 0.05) is 12.8 Å². The van der Waals surface area contributed by atoms with E-state index in [1.807, 2.05) is 6.08 Å². The Hall–Kier alpha value is -2.12. The highest BCUT2D eigenvalue weighted by atomic mass is 16.7. The molecule has 0 aliphatic carbocycles. The van der Waals surface area contributed by atoms with E-state index in [9.17, 15) is 35.1 Å². The minimum absolute atomic E-state index is 0.0111. The quantitative estimate of drug-likeness (QED) is 0.0195. The molecule has 1 saturated heterocycles. The Labute approximate surface area is 485 Å². The first-order valence-electron chi connectivity index (χ1n) is 33.8. The molecular formula is C68H127NO10. The lowest BCUT2D eigenvalue weighted by Gasteiger charge is -2.40. The van der Waals surface area contributed by atoms with Crippen molar-refractivity contribution in [3.8, 4) is 0 Å². The fourth-order valence-electron chi connectivity index (χ4n) is 10.7. The van der Waals surface area contributed by atoms with E-state index in [0.29, 0.717) is 19.4 Å². The highest BCUT2D eigenvalue weighted by molar-refractivity contribution is 5.76. The van der Waals surface area contributed by atoms with Crippen molar-refractivity contribution in [3.63, 3.8) is 0 Å². The van der Waals surface area contributed by atoms with Gasteiger partial charge in [0.05, 0.1) is 32.0 Å². The van der Waals surface area contributed by atoms with E-state index < -0.39 is 49.5 Å². The molecule has 0 aromatic heterocycles. The summed E-state index contributed by atoms with van der Waals surface area (Å²) >= 11 is 0. The van der Waals surface area contributed by atoms with Crippen molar-refractivity contribution >= 4 is 11.9 Å². The molecule has 7 atom stereocenters. The number of nitrogens with one attached hydrogen (secondary N) is 1. The number of amides is 1. The van der Waals surface area contributed by atoms with Crippen molar-refractivity contribution < 1.29 is 49.3 Å². The predicted molar refractivity (Wildman–Crippen MR) is 329 cm³/mol. The summed E-state index contributed by atoms with van der Waals surface area (Å²) in [6.07, 6.45) is 63.0. The molecular weight excluding hydrogens is 991 g/mol. The number of esters is 1. The number of hydrogen-bond acceptors (Lipinski definition) is 10. The third kappa shape index (κ3) is 47.0. The zero-order valence-corrected chi connectivity index (χ0v) is 51.3. The van der Waals surface area contributed by atoms with Gasteiger partial charge in [0.2, 0.25) is 5.91 Å². The molecule has 0 radical (unpaired) electrons. The average molecular weight is 1120 g/mol. The van der Waals surface area contributed by atoms with Gasteiger partial charge in [-0.05, 0) is 51.4 Å². The van der Waals surface area contributed by atoms with Crippen LogP contribution in [0.4, 0.5) is 0 Å². The molecule has 1 aliphatic rings. The fourth-order valence-corrected chi connectivity index (χ4v) is 10.7. The Balaban J connectivity index is 1.93. The van der Waals surface area contributed by atoms with Gasteiger partial charge in [-0.2, -0.15) is 0 Å². The van der Waals surface area contributed by atoms with Crippen LogP contribution >= 0.6 is 0 Å². The molecule has 464 valence electrons. The number of allylic oxidation sites excluding steroid dienone is 5. The number of rotatable bonds is 59. The van der Waals surface area contributed by atoms with Crippen molar-refractivity contribution in [2.75, 3.05) is 19.8 Å². The topological polar surface area (TPSA) is 175 Å². The van der Waals surface area contributed by atoms with E-state index in [0.717, 1.165) is 64.2 Å². The molecule has 1 amide bonds. The van der Waals surface area contributed by atoms with Crippen LogP contribution in [0.25, 0.3) is 0 Å². The number of carbonyl (C=O) groups is 2. The number of carbonyl (C=O) groups excluding carboxylic acids is 2. The van der Waals surface area contributed by atoms with Crippen LogP contribution in [-0.4, -0.2) is 100 Å². The molecule has 0 saturated carbocycles. The van der Waals surface area contributed by atoms with E-state index in [1.54, 1.807) is 6.08 Å². The van der Waals surface area contributed by atoms with Gasteiger partial charge in [-0.15, -0.1) is 0 Å². The third-order valence-corrected chi connectivity index (χ3v) is 16.0. The molecule has 1 aliphatic heterocycles. The average Bonchev–Trinajstić information content (AvgIpc) is 3.51. The van der Waals surface area contributed by atoms with Crippen molar-refractivity contribution in [3.05, 3.63) is 36.5 Å². The van der Waals surface area contributed by atoms with E-state index in [4.69, 9.17) is 14.2 Å². The first-order chi connectivity index (χ1) is 38.7. The molecule has 0 aromatic carbocycles. The SMILES string of the molecule is CC/C=C/CC/C=C/CC/C=C/C(O)C(COC1OC(CO)C(O)C(O)C1O)NC(=O)CCCCCCCCCCCCCCCCCCCCCCCCCCCCCCCCOC(=O)CCCCCCCCCCCCC. The highest BCUT2D eigenvalue weighted by Crippen LogP contribution is 2.23. The summed E-state index contributed by atoms with van der Waals surface area (Å²) in [4.78, 5) is 25.0. The van der Waals surface area contributed by atoms with Gasteiger partial charge in [-0.3, -0.25) is 9.59 Å². The lowest BCUT2D eigenvalue weighted by atomic mass is 9.99. The lowest BCUT2D eigenvalue weighted by molar-refractivity contribution is -0.302. The molecule has 0 bridgehead atoms. The fraction of sp³-hybridized carbons (Fsp3) is 0.882. The number of unbranched alkanes of at least 4 members (excludes halogenated alkanes) is 41. The normalized spacial score (nSPS) is 18.6. The second-order valence-corrected chi connectivity index (χ2v) is 23.5. The molecule has 11 heteroatoms. The van der Waals surface area contributed by atoms with E-state index >= 15 is 0 Å². The number of aliphatic hydroxyl groups is 5. The molecule has 1 rings (SSSR count). The standard InChI is InChI=1S/C68H127NO10/c1-3-5-7-9-11-13-35-40-44-48-52-56-64(73)77-57-53-49-45-41-37-34-32-30-28-26-24-22-20-18-16-15-17-19-21-23-25-27-29-31-33-36-39-43-47-51-55-63(72)69-60(59-78-68-67(76)66(75)65(74)62(58-70)79-68)61(71)54-50-46-42-38-14-12-10-8-6-4-2/h6,8,14,38,50,54,60-62,65-68,70-71,74-76H,3-5,7,9-13,15-37,39-49,51-53,55-59H2,1-2H3,(H,69,72)/b8-6+,38-14+,54-50+. The van der Waals surface area contributed by atoms with Gasteiger partial charge in [0.25, 0.3) is 0 Å². The van der Waals surface area contributed by atoms with Crippen LogP contribution in [0, 0.1) is 0 Å². The van der Waals surface area contributed by atoms with Gasteiger partial charge >= 0.3 is 5.97 Å². The molecule has 79 heavy (non-hydrogen) atoms. The maximum Gasteiger partial charge on any atom is 0.305 e. The van der Waals surface area contributed by atoms with Gasteiger partial charge in [-0.1, -0.05) is 294 Å². The maximum absolute atomic E-state index is 13.0. The highest BCUT2D eigenvalue weighted by Gasteiger charge is 2.44. The van der Waals surface area contributed by atoms with E-state index in [1.165, 1.54) is 231 Å². The van der Waals surface area contributed by atoms with Crippen LogP contribution in [0.15, 0.2) is 36.5 Å². The van der Waals surface area contributed by atoms with Crippen LogP contribution in [0.5, 0.6) is 0 Å². The third-order valence-electron chi connectivity index (χ3n) is 16.0. The first kappa shape index (κ1) is 74.9. The zero-order chi connectivity index (χ0) is 57.3. The summed E-state index contributed by atoms with van der Waals surface area (Å²) in [6, 6.07) is -0.830. The van der Waals surface area contributed by atoms with E-state index in [-0.39, 0.29) is 18.5 Å². The van der Waals surface area contributed by atoms with Gasteiger partial charge in [0.15, 0.2) is 6.29 Å². The maximum atomic E-state index is 13.0. The Morgan fingerprint density at radius 1 is 0.468 bits per heavy atom. The Kier molecular flexibility index (Phi) is 54.7. The van der Waals surface area contributed by atoms with Crippen LogP contribution in [-0.2, 0) is 23.8 Å². The van der Waals surface area contributed by atoms with Gasteiger partial charge < -0.3 is 45.1 Å². The van der Waals surface area contributed by atoms with Crippen molar-refractivity contribution in [2.24, 2.45) is 0 Å². The van der Waals surface area contributed by atoms with Crippen molar-refractivity contribution in [1.82, 2.24) is 5.32 Å². The molecule has 1 heterocycles. The molecule has 7 unspecified atom stereocenters. The minimum Gasteiger partial charge on any atom is -0.466 e. The minimum atomic E-state index is -1.58. The number of hydrogen-bond donors (Lipinski definition) is 6. The number of ether oxygens (including phenoxy) is 3. The molecule has 11 nitrogen and oxygen atoms in total. The predicted octanol–water partition coefficient (Wildman–Crippen LogP) is 16.6. The lowest BCUT2D eigenvalue weighted by Crippen LogP contribution is -2.60. The Morgan fingerprint density at radius 3 is 1.24 bits per heavy atom. The molecule has 6 N–H and O–H groups in total. The second kappa shape index (κ2) is 57.7. The van der Waals surface area contributed by atoms with Crippen LogP contribution in [0.2, 0.25) is 0 Å². The largest absolute Gasteiger partial charge is 0.466 e. The van der Waals surface area contributed by atoms with Crippen LogP contribution in [0.1, 0.15) is 322 Å². The van der Waals surface area contributed by atoms with E-state index in [2.05, 4.69) is 43.5 Å². The van der Waals surface area contributed by atoms with Crippen molar-refractivity contribution in [1.29, 1.82) is 0 Å². The van der Waals surface area contributed by atoms with Crippen LogP contribution < -0.4 is 5.32 Å². The summed E-state index contributed by atoms with van der Waals surface area (Å²) in [5.41, 5.74) is 0. The smallest absolute Gasteiger partial charge is 0.305 e. The summed E-state index contributed by atoms with van der Waals surface area (Å²) in [6.45, 7) is 4.22. The molecule has 1 fully saturated rings. The molecule has 0 aromatic rings. The van der Waals surface area contributed by atoms with Crippen LogP contribution in [0.3, 0.4) is 0 Å². The Morgan fingerprint density at radius 2 is 0.835 bits per heavy atom. The first-order valence-corrected chi connectivity index (χ1v) is 33.8. The second-order valence-electron chi connectivity index (χ2n) is 23.5. The number of aliphatic hydroxyl groups excluding tert-OH is 5. The van der Waals surface area contributed by atoms with Crippen molar-refractivity contribution in [2.45, 2.75) is 365 Å². The molecule has 0 spiro atoms.